The van der Waals surface area contributed by atoms with Gasteiger partial charge in [-0.25, -0.2) is 4.79 Å². The van der Waals surface area contributed by atoms with Gasteiger partial charge in [-0.1, -0.05) is 0 Å². The topological polar surface area (TPSA) is 47.6 Å². The minimum Gasteiger partial charge on any atom is -0.337 e. The molecular formula is C16H32N4OS. The number of rotatable bonds is 6. The van der Waals surface area contributed by atoms with E-state index in [0.29, 0.717) is 6.04 Å². The van der Waals surface area contributed by atoms with Crippen LogP contribution in [-0.4, -0.2) is 79.7 Å². The number of amides is 2. The summed E-state index contributed by atoms with van der Waals surface area (Å²) in [5.41, 5.74) is 0. The minimum atomic E-state index is 0.00919. The molecule has 2 fully saturated rings. The molecule has 0 aromatic carbocycles. The Labute approximate surface area is 139 Å². The summed E-state index contributed by atoms with van der Waals surface area (Å²) in [4.78, 5) is 16.7. The number of nitrogens with one attached hydrogen (secondary N) is 2. The number of carbonyl (C=O) groups is 1. The summed E-state index contributed by atoms with van der Waals surface area (Å²) in [6.07, 6.45) is 8.10. The zero-order valence-corrected chi connectivity index (χ0v) is 15.1. The highest BCUT2D eigenvalue weighted by Crippen LogP contribution is 2.27. The quantitative estimate of drug-likeness (QED) is 0.777. The molecule has 128 valence electrons. The highest BCUT2D eigenvalue weighted by molar-refractivity contribution is 7.99. The van der Waals surface area contributed by atoms with Crippen molar-refractivity contribution in [3.8, 4) is 0 Å². The van der Waals surface area contributed by atoms with Gasteiger partial charge in [0.05, 0.1) is 0 Å². The molecule has 2 N–H and O–H groups in total. The van der Waals surface area contributed by atoms with Crippen molar-refractivity contribution in [3.63, 3.8) is 0 Å². The zero-order valence-electron chi connectivity index (χ0n) is 14.3. The molecule has 6 heteroatoms. The molecule has 0 aromatic heterocycles. The molecule has 0 aromatic rings. The predicted molar refractivity (Wildman–Crippen MR) is 94.6 cm³/mol. The van der Waals surface area contributed by atoms with Gasteiger partial charge < -0.3 is 20.4 Å². The SMILES string of the molecule is CSC1CCC(NC(=O)NCCN2CCC(N(C)C)CC2)C1. The number of likely N-dealkylation sites (tertiary alicyclic amines) is 1. The van der Waals surface area contributed by atoms with Crippen molar-refractivity contribution in [1.82, 2.24) is 20.4 Å². The first kappa shape index (κ1) is 17.9. The van der Waals surface area contributed by atoms with Crippen LogP contribution in [0.15, 0.2) is 0 Å². The van der Waals surface area contributed by atoms with Gasteiger partial charge in [-0.05, 0) is 65.5 Å². The van der Waals surface area contributed by atoms with E-state index in [9.17, 15) is 4.79 Å². The third-order valence-electron chi connectivity index (χ3n) is 5.05. The maximum absolute atomic E-state index is 11.9. The van der Waals surface area contributed by atoms with Gasteiger partial charge in [-0.2, -0.15) is 11.8 Å². The van der Waals surface area contributed by atoms with E-state index in [0.717, 1.165) is 50.3 Å². The van der Waals surface area contributed by atoms with Gasteiger partial charge in [0.25, 0.3) is 0 Å². The molecule has 1 aliphatic heterocycles. The summed E-state index contributed by atoms with van der Waals surface area (Å²) in [5.74, 6) is 0. The van der Waals surface area contributed by atoms with Crippen LogP contribution in [-0.2, 0) is 0 Å². The smallest absolute Gasteiger partial charge is 0.315 e. The number of thioether (sulfide) groups is 1. The van der Waals surface area contributed by atoms with E-state index >= 15 is 0 Å². The molecule has 1 saturated carbocycles. The number of nitrogens with zero attached hydrogens (tertiary/aromatic N) is 2. The fourth-order valence-corrected chi connectivity index (χ4v) is 4.31. The van der Waals surface area contributed by atoms with Crippen molar-refractivity contribution >= 4 is 17.8 Å². The molecule has 2 amide bonds. The maximum Gasteiger partial charge on any atom is 0.315 e. The van der Waals surface area contributed by atoms with E-state index < -0.39 is 0 Å². The highest BCUT2D eigenvalue weighted by atomic mass is 32.2. The molecule has 0 radical (unpaired) electrons. The average molecular weight is 329 g/mol. The Morgan fingerprint density at radius 2 is 1.95 bits per heavy atom. The van der Waals surface area contributed by atoms with Gasteiger partial charge in [0, 0.05) is 30.4 Å². The zero-order chi connectivity index (χ0) is 15.9. The van der Waals surface area contributed by atoms with Gasteiger partial charge in [0.15, 0.2) is 0 Å². The van der Waals surface area contributed by atoms with Crippen molar-refractivity contribution in [2.24, 2.45) is 0 Å². The van der Waals surface area contributed by atoms with Gasteiger partial charge in [0.1, 0.15) is 0 Å². The first-order valence-electron chi connectivity index (χ1n) is 8.54. The Morgan fingerprint density at radius 1 is 1.23 bits per heavy atom. The summed E-state index contributed by atoms with van der Waals surface area (Å²) < 4.78 is 0. The third kappa shape index (κ3) is 5.63. The first-order valence-corrected chi connectivity index (χ1v) is 9.83. The number of carbonyl (C=O) groups excluding carboxylic acids is 1. The molecule has 2 rings (SSSR count). The molecule has 1 saturated heterocycles. The van der Waals surface area contributed by atoms with Gasteiger partial charge in [-0.3, -0.25) is 0 Å². The van der Waals surface area contributed by atoms with E-state index in [-0.39, 0.29) is 6.03 Å². The van der Waals surface area contributed by atoms with Gasteiger partial charge in [0.2, 0.25) is 0 Å². The lowest BCUT2D eigenvalue weighted by molar-refractivity contribution is 0.145. The molecule has 2 unspecified atom stereocenters. The summed E-state index contributed by atoms with van der Waals surface area (Å²) >= 11 is 1.92. The van der Waals surface area contributed by atoms with Gasteiger partial charge >= 0.3 is 6.03 Å². The van der Waals surface area contributed by atoms with E-state index in [4.69, 9.17) is 0 Å². The Hall–Kier alpha value is -0.460. The van der Waals surface area contributed by atoms with E-state index in [1.165, 1.54) is 19.3 Å². The van der Waals surface area contributed by atoms with E-state index in [1.807, 2.05) is 11.8 Å². The van der Waals surface area contributed by atoms with Crippen LogP contribution in [0.25, 0.3) is 0 Å². The summed E-state index contributed by atoms with van der Waals surface area (Å²) in [6.45, 7) is 4.00. The van der Waals surface area contributed by atoms with Crippen molar-refractivity contribution < 1.29 is 4.79 Å². The fraction of sp³-hybridized carbons (Fsp3) is 0.938. The molecule has 5 nitrogen and oxygen atoms in total. The van der Waals surface area contributed by atoms with Crippen LogP contribution in [0.5, 0.6) is 0 Å². The minimum absolute atomic E-state index is 0.00919. The van der Waals surface area contributed by atoms with Crippen molar-refractivity contribution in [1.29, 1.82) is 0 Å². The summed E-state index contributed by atoms with van der Waals surface area (Å²) in [7, 11) is 4.33. The van der Waals surface area contributed by atoms with Crippen LogP contribution >= 0.6 is 11.8 Å². The maximum atomic E-state index is 11.9. The molecule has 1 heterocycles. The number of hydrogen-bond acceptors (Lipinski definition) is 4. The number of hydrogen-bond donors (Lipinski definition) is 2. The van der Waals surface area contributed by atoms with Crippen molar-refractivity contribution in [2.75, 3.05) is 46.5 Å². The first-order chi connectivity index (χ1) is 10.6. The average Bonchev–Trinajstić information content (AvgIpc) is 2.95. The van der Waals surface area contributed by atoms with Crippen LogP contribution in [0, 0.1) is 0 Å². The molecule has 22 heavy (non-hydrogen) atoms. The lowest BCUT2D eigenvalue weighted by Crippen LogP contribution is -2.46. The molecule has 2 atom stereocenters. The third-order valence-corrected chi connectivity index (χ3v) is 6.15. The summed E-state index contributed by atoms with van der Waals surface area (Å²) in [5, 5.41) is 6.85. The number of urea groups is 1. The van der Waals surface area contributed by atoms with Gasteiger partial charge in [-0.15, -0.1) is 0 Å². The fourth-order valence-electron chi connectivity index (χ4n) is 3.51. The predicted octanol–water partition coefficient (Wildman–Crippen LogP) is 1.60. The van der Waals surface area contributed by atoms with Crippen LogP contribution in [0.4, 0.5) is 4.79 Å². The number of piperidine rings is 1. The lowest BCUT2D eigenvalue weighted by Gasteiger charge is -2.35. The van der Waals surface area contributed by atoms with Crippen LogP contribution in [0.3, 0.4) is 0 Å². The lowest BCUT2D eigenvalue weighted by atomic mass is 10.0. The van der Waals surface area contributed by atoms with E-state index in [1.54, 1.807) is 0 Å². The Bertz CT molecular complexity index is 345. The molecule has 2 aliphatic rings. The summed E-state index contributed by atoms with van der Waals surface area (Å²) in [6, 6.07) is 1.10. The second-order valence-electron chi connectivity index (χ2n) is 6.80. The molecule has 1 aliphatic carbocycles. The molecule has 0 spiro atoms. The normalized spacial score (nSPS) is 27.3. The Kier molecular flexibility index (Phi) is 7.31. The second-order valence-corrected chi connectivity index (χ2v) is 7.94. The molecule has 0 bridgehead atoms. The highest BCUT2D eigenvalue weighted by Gasteiger charge is 2.25. The second kappa shape index (κ2) is 8.99. The van der Waals surface area contributed by atoms with Crippen molar-refractivity contribution in [3.05, 3.63) is 0 Å². The van der Waals surface area contributed by atoms with Crippen LogP contribution in [0.2, 0.25) is 0 Å². The monoisotopic (exact) mass is 328 g/mol. The Morgan fingerprint density at radius 3 is 2.55 bits per heavy atom. The standard InChI is InChI=1S/C16H32N4OS/c1-19(2)14-6-9-20(10-7-14)11-8-17-16(21)18-13-4-5-15(12-13)22-3/h13-15H,4-12H2,1-3H3,(H2,17,18,21). The largest absolute Gasteiger partial charge is 0.337 e. The van der Waals surface area contributed by atoms with E-state index in [2.05, 4.69) is 40.8 Å². The van der Waals surface area contributed by atoms with Crippen molar-refractivity contribution in [2.45, 2.75) is 49.4 Å². The molecular weight excluding hydrogens is 296 g/mol. The Balaban J connectivity index is 1.54. The van der Waals surface area contributed by atoms with Crippen LogP contribution < -0.4 is 10.6 Å². The van der Waals surface area contributed by atoms with Crippen LogP contribution in [0.1, 0.15) is 32.1 Å².